The first kappa shape index (κ1) is 13.2. The molecule has 0 aliphatic carbocycles. The molecule has 1 atom stereocenters. The lowest BCUT2D eigenvalue weighted by Gasteiger charge is -2.20. The minimum Gasteiger partial charge on any atom is -0.393 e. The fraction of sp³-hybridized carbons (Fsp3) is 0.857. The molecule has 0 radical (unpaired) electrons. The van der Waals surface area contributed by atoms with E-state index in [-0.39, 0.29) is 0 Å². The van der Waals surface area contributed by atoms with Crippen LogP contribution in [0.3, 0.4) is 0 Å². The molecule has 3 N–H and O–H groups in total. The Balaban J connectivity index is 3.87. The summed E-state index contributed by atoms with van der Waals surface area (Å²) in [6.07, 6.45) is -6.15. The van der Waals surface area contributed by atoms with E-state index in [4.69, 9.17) is 10.2 Å². The summed E-state index contributed by atoms with van der Waals surface area (Å²) in [5, 5.41) is 19.5. The summed E-state index contributed by atoms with van der Waals surface area (Å²) < 4.78 is 34.9. The highest BCUT2D eigenvalue weighted by atomic mass is 19.4. The van der Waals surface area contributed by atoms with Crippen molar-refractivity contribution in [3.8, 4) is 0 Å². The third-order valence-corrected chi connectivity index (χ3v) is 1.37. The van der Waals surface area contributed by atoms with Crippen LogP contribution < -0.4 is 5.32 Å². The van der Waals surface area contributed by atoms with Gasteiger partial charge in [0.05, 0.1) is 6.61 Å². The second-order valence-electron chi connectivity index (χ2n) is 3.22. The Morgan fingerprint density at radius 1 is 1.43 bits per heavy atom. The molecule has 84 valence electrons. The van der Waals surface area contributed by atoms with E-state index in [0.717, 1.165) is 0 Å². The van der Waals surface area contributed by atoms with Crippen molar-refractivity contribution < 1.29 is 28.2 Å². The maximum atomic E-state index is 11.6. The molecule has 0 rings (SSSR count). The number of aliphatic hydroxyl groups is 2. The second kappa shape index (κ2) is 4.61. The first-order chi connectivity index (χ1) is 6.16. The maximum absolute atomic E-state index is 11.6. The van der Waals surface area contributed by atoms with E-state index in [0.29, 0.717) is 0 Å². The highest BCUT2D eigenvalue weighted by Gasteiger charge is 2.31. The summed E-state index contributed by atoms with van der Waals surface area (Å²) in [6.45, 7) is 0.137. The SMILES string of the molecule is CC(O)(CO)CNC(=O)CC(F)(F)F. The zero-order valence-corrected chi connectivity index (χ0v) is 7.56. The zero-order chi connectivity index (χ0) is 11.4. The Kier molecular flexibility index (Phi) is 4.34. The molecule has 0 fully saturated rings. The van der Waals surface area contributed by atoms with Crippen LogP contribution in [0.4, 0.5) is 13.2 Å². The molecule has 0 saturated heterocycles. The second-order valence-corrected chi connectivity index (χ2v) is 3.22. The lowest BCUT2D eigenvalue weighted by atomic mass is 10.1. The average molecular weight is 215 g/mol. The standard InChI is InChI=1S/C7H12F3NO3/c1-6(14,4-12)3-11-5(13)2-7(8,9)10/h12,14H,2-4H2,1H3,(H,11,13). The van der Waals surface area contributed by atoms with Crippen LogP contribution in [0.15, 0.2) is 0 Å². The Hall–Kier alpha value is -0.820. The van der Waals surface area contributed by atoms with E-state index < -0.39 is 37.3 Å². The summed E-state index contributed by atoms with van der Waals surface area (Å²) in [5.41, 5.74) is -1.60. The summed E-state index contributed by atoms with van der Waals surface area (Å²) in [5.74, 6) is -1.23. The predicted octanol–water partition coefficient (Wildman–Crippen LogP) is -0.202. The summed E-state index contributed by atoms with van der Waals surface area (Å²) in [6, 6.07) is 0. The van der Waals surface area contributed by atoms with Crippen LogP contribution in [0.5, 0.6) is 0 Å². The minimum atomic E-state index is -4.56. The van der Waals surface area contributed by atoms with E-state index in [1.807, 2.05) is 5.32 Å². The average Bonchev–Trinajstić information content (AvgIpc) is 1.98. The number of nitrogens with one attached hydrogen (secondary N) is 1. The Labute approximate surface area is 78.7 Å². The van der Waals surface area contributed by atoms with Crippen molar-refractivity contribution in [3.63, 3.8) is 0 Å². The number of carbonyl (C=O) groups is 1. The van der Waals surface area contributed by atoms with E-state index in [1.165, 1.54) is 6.92 Å². The van der Waals surface area contributed by atoms with Gasteiger partial charge < -0.3 is 15.5 Å². The Bertz CT molecular complexity index is 203. The minimum absolute atomic E-state index is 0.418. The van der Waals surface area contributed by atoms with Crippen molar-refractivity contribution in [3.05, 3.63) is 0 Å². The summed E-state index contributed by atoms with van der Waals surface area (Å²) >= 11 is 0. The summed E-state index contributed by atoms with van der Waals surface area (Å²) in [4.78, 5) is 10.6. The number of alkyl halides is 3. The van der Waals surface area contributed by atoms with Crippen molar-refractivity contribution in [2.75, 3.05) is 13.2 Å². The molecule has 0 aliphatic heterocycles. The lowest BCUT2D eigenvalue weighted by molar-refractivity contribution is -0.154. The van der Waals surface area contributed by atoms with Crippen LogP contribution in [0.2, 0.25) is 0 Å². The molecule has 0 saturated carbocycles. The smallest absolute Gasteiger partial charge is 0.393 e. The molecule has 0 bridgehead atoms. The van der Waals surface area contributed by atoms with Crippen LogP contribution in [0.25, 0.3) is 0 Å². The molecule has 14 heavy (non-hydrogen) atoms. The first-order valence-electron chi connectivity index (χ1n) is 3.83. The molecule has 0 heterocycles. The van der Waals surface area contributed by atoms with Crippen LogP contribution in [-0.2, 0) is 4.79 Å². The first-order valence-corrected chi connectivity index (χ1v) is 3.83. The molecule has 0 aromatic carbocycles. The van der Waals surface area contributed by atoms with E-state index in [9.17, 15) is 18.0 Å². The van der Waals surface area contributed by atoms with Crippen molar-refractivity contribution in [2.45, 2.75) is 25.1 Å². The molecular formula is C7H12F3NO3. The number of rotatable bonds is 4. The fourth-order valence-corrected chi connectivity index (χ4v) is 0.589. The zero-order valence-electron chi connectivity index (χ0n) is 7.56. The molecule has 0 spiro atoms. The predicted molar refractivity (Wildman–Crippen MR) is 41.4 cm³/mol. The Morgan fingerprint density at radius 2 is 1.93 bits per heavy atom. The van der Waals surface area contributed by atoms with E-state index in [1.54, 1.807) is 0 Å². The van der Waals surface area contributed by atoms with Gasteiger partial charge in [-0.05, 0) is 6.92 Å². The molecule has 4 nitrogen and oxygen atoms in total. The number of hydrogen-bond donors (Lipinski definition) is 3. The van der Waals surface area contributed by atoms with Gasteiger partial charge in [0.25, 0.3) is 0 Å². The lowest BCUT2D eigenvalue weighted by Crippen LogP contribution is -2.44. The summed E-state index contributed by atoms with van der Waals surface area (Å²) in [7, 11) is 0. The van der Waals surface area contributed by atoms with Gasteiger partial charge in [0.1, 0.15) is 12.0 Å². The monoisotopic (exact) mass is 215 g/mol. The Morgan fingerprint density at radius 3 is 2.29 bits per heavy atom. The normalized spacial score (nSPS) is 16.1. The molecule has 1 unspecified atom stereocenters. The number of amides is 1. The van der Waals surface area contributed by atoms with Gasteiger partial charge in [-0.15, -0.1) is 0 Å². The maximum Gasteiger partial charge on any atom is 0.397 e. The van der Waals surface area contributed by atoms with Gasteiger partial charge >= 0.3 is 6.18 Å². The number of halogens is 3. The third kappa shape index (κ3) is 6.67. The van der Waals surface area contributed by atoms with Crippen LogP contribution in [-0.4, -0.2) is 41.0 Å². The third-order valence-electron chi connectivity index (χ3n) is 1.37. The van der Waals surface area contributed by atoms with Gasteiger partial charge in [-0.3, -0.25) is 4.79 Å². The van der Waals surface area contributed by atoms with E-state index >= 15 is 0 Å². The topological polar surface area (TPSA) is 69.6 Å². The molecule has 0 aromatic heterocycles. The highest BCUT2D eigenvalue weighted by molar-refractivity contribution is 5.76. The van der Waals surface area contributed by atoms with Gasteiger partial charge in [0.15, 0.2) is 0 Å². The highest BCUT2D eigenvalue weighted by Crippen LogP contribution is 2.18. The van der Waals surface area contributed by atoms with Crippen molar-refractivity contribution in [1.29, 1.82) is 0 Å². The molecular weight excluding hydrogens is 203 g/mol. The molecule has 0 aromatic rings. The van der Waals surface area contributed by atoms with Crippen LogP contribution in [0, 0.1) is 0 Å². The molecule has 0 aliphatic rings. The number of aliphatic hydroxyl groups excluding tert-OH is 1. The van der Waals surface area contributed by atoms with Crippen molar-refractivity contribution in [2.24, 2.45) is 0 Å². The molecule has 1 amide bonds. The van der Waals surface area contributed by atoms with E-state index in [2.05, 4.69) is 0 Å². The van der Waals surface area contributed by atoms with Crippen LogP contribution >= 0.6 is 0 Å². The number of hydrogen-bond acceptors (Lipinski definition) is 3. The van der Waals surface area contributed by atoms with Crippen molar-refractivity contribution >= 4 is 5.91 Å². The van der Waals surface area contributed by atoms with Gasteiger partial charge in [-0.25, -0.2) is 0 Å². The van der Waals surface area contributed by atoms with Gasteiger partial charge in [-0.2, -0.15) is 13.2 Å². The van der Waals surface area contributed by atoms with Crippen molar-refractivity contribution in [1.82, 2.24) is 5.32 Å². The van der Waals surface area contributed by atoms with Crippen LogP contribution in [0.1, 0.15) is 13.3 Å². The quantitative estimate of drug-likeness (QED) is 0.608. The largest absolute Gasteiger partial charge is 0.397 e. The number of carbonyl (C=O) groups excluding carboxylic acids is 1. The van der Waals surface area contributed by atoms with Gasteiger partial charge in [-0.1, -0.05) is 0 Å². The molecule has 7 heteroatoms. The fourth-order valence-electron chi connectivity index (χ4n) is 0.589. The van der Waals surface area contributed by atoms with Gasteiger partial charge in [0.2, 0.25) is 5.91 Å². The van der Waals surface area contributed by atoms with Gasteiger partial charge in [0, 0.05) is 6.54 Å².